The van der Waals surface area contributed by atoms with Crippen molar-refractivity contribution in [3.05, 3.63) is 35.5 Å². The number of hydrogen-bond donors (Lipinski definition) is 1. The van der Waals surface area contributed by atoms with Gasteiger partial charge < -0.3 is 5.11 Å². The molecule has 0 fully saturated rings. The molecule has 3 aromatic rings. The minimum Gasteiger partial charge on any atom is -0.508 e. The van der Waals surface area contributed by atoms with E-state index in [1.54, 1.807) is 41.3 Å². The Morgan fingerprint density at radius 2 is 2.18 bits per heavy atom. The molecule has 22 heavy (non-hydrogen) atoms. The summed E-state index contributed by atoms with van der Waals surface area (Å²) < 4.78 is 2.84. The topological polar surface area (TPSA) is 76.7 Å². The molecule has 2 heterocycles. The van der Waals surface area contributed by atoms with Gasteiger partial charge in [-0.25, -0.2) is 0 Å². The van der Waals surface area contributed by atoms with Crippen molar-refractivity contribution in [1.82, 2.24) is 25.2 Å². The highest BCUT2D eigenvalue weighted by molar-refractivity contribution is 8.01. The van der Waals surface area contributed by atoms with Gasteiger partial charge in [0.1, 0.15) is 16.5 Å². The van der Waals surface area contributed by atoms with E-state index in [0.29, 0.717) is 0 Å². The van der Waals surface area contributed by atoms with Gasteiger partial charge in [0.15, 0.2) is 4.34 Å². The maximum Gasteiger partial charge on any atom is 0.174 e. The van der Waals surface area contributed by atoms with Crippen molar-refractivity contribution >= 4 is 23.1 Å². The number of phenolic OH excluding ortho intramolecular Hbond substituents is 1. The first kappa shape index (κ1) is 15.0. The van der Waals surface area contributed by atoms with E-state index in [1.165, 1.54) is 0 Å². The molecule has 0 unspecified atom stereocenters. The summed E-state index contributed by atoms with van der Waals surface area (Å²) in [6.45, 7) is 2.76. The summed E-state index contributed by atoms with van der Waals surface area (Å²) in [5.74, 6) is 1.20. The molecule has 0 aliphatic heterocycles. The van der Waals surface area contributed by atoms with E-state index in [9.17, 15) is 5.11 Å². The van der Waals surface area contributed by atoms with Crippen LogP contribution >= 0.6 is 23.1 Å². The van der Waals surface area contributed by atoms with Gasteiger partial charge in [-0.1, -0.05) is 40.4 Å². The SMILES string of the molecule is Cc1nnc(SCCCn2cc(-c3cccc(O)c3)nn2)s1. The molecule has 0 aliphatic carbocycles. The fourth-order valence-corrected chi connectivity index (χ4v) is 3.74. The lowest BCUT2D eigenvalue weighted by Gasteiger charge is -1.99. The van der Waals surface area contributed by atoms with Crippen molar-refractivity contribution in [2.75, 3.05) is 5.75 Å². The molecule has 0 radical (unpaired) electrons. The van der Waals surface area contributed by atoms with E-state index in [2.05, 4.69) is 20.5 Å². The fraction of sp³-hybridized carbons (Fsp3) is 0.286. The molecule has 3 rings (SSSR count). The second kappa shape index (κ2) is 6.89. The third kappa shape index (κ3) is 3.83. The van der Waals surface area contributed by atoms with Crippen molar-refractivity contribution in [3.63, 3.8) is 0 Å². The maximum atomic E-state index is 9.50. The Morgan fingerprint density at radius 3 is 2.95 bits per heavy atom. The van der Waals surface area contributed by atoms with Crippen LogP contribution in [0.15, 0.2) is 34.8 Å². The Labute approximate surface area is 136 Å². The van der Waals surface area contributed by atoms with Crippen LogP contribution in [0.2, 0.25) is 0 Å². The van der Waals surface area contributed by atoms with Crippen molar-refractivity contribution in [2.24, 2.45) is 0 Å². The molecule has 1 N–H and O–H groups in total. The number of aromatic hydroxyl groups is 1. The molecular weight excluding hydrogens is 318 g/mol. The van der Waals surface area contributed by atoms with E-state index < -0.39 is 0 Å². The van der Waals surface area contributed by atoms with Crippen LogP contribution in [0.5, 0.6) is 5.75 Å². The lowest BCUT2D eigenvalue weighted by molar-refractivity contribution is 0.475. The number of aryl methyl sites for hydroxylation is 2. The van der Waals surface area contributed by atoms with Crippen molar-refractivity contribution in [3.8, 4) is 17.0 Å². The molecule has 2 aromatic heterocycles. The second-order valence-electron chi connectivity index (χ2n) is 4.71. The Kier molecular flexibility index (Phi) is 4.69. The minimum atomic E-state index is 0.232. The summed E-state index contributed by atoms with van der Waals surface area (Å²) in [5.41, 5.74) is 1.63. The van der Waals surface area contributed by atoms with Crippen LogP contribution in [-0.4, -0.2) is 36.1 Å². The molecule has 1 aromatic carbocycles. The molecule has 8 heteroatoms. The van der Waals surface area contributed by atoms with Crippen LogP contribution in [0.3, 0.4) is 0 Å². The zero-order valence-corrected chi connectivity index (χ0v) is 13.6. The number of phenols is 1. The van der Waals surface area contributed by atoms with Crippen LogP contribution in [0.4, 0.5) is 0 Å². The molecular formula is C14H15N5OS2. The Bertz CT molecular complexity index is 755. The minimum absolute atomic E-state index is 0.232. The number of rotatable bonds is 6. The lowest BCUT2D eigenvalue weighted by atomic mass is 10.1. The maximum absolute atomic E-state index is 9.50. The first-order valence-corrected chi connectivity index (χ1v) is 8.63. The average Bonchev–Trinajstić information content (AvgIpc) is 3.13. The third-order valence-electron chi connectivity index (χ3n) is 2.95. The molecule has 114 valence electrons. The van der Waals surface area contributed by atoms with Gasteiger partial charge in [0.2, 0.25) is 0 Å². The monoisotopic (exact) mass is 333 g/mol. The lowest BCUT2D eigenvalue weighted by Crippen LogP contribution is -1.99. The van der Waals surface area contributed by atoms with Gasteiger partial charge in [0.05, 0.1) is 6.20 Å². The van der Waals surface area contributed by atoms with Gasteiger partial charge >= 0.3 is 0 Å². The van der Waals surface area contributed by atoms with Crippen molar-refractivity contribution < 1.29 is 5.11 Å². The highest BCUT2D eigenvalue weighted by Crippen LogP contribution is 2.23. The summed E-state index contributed by atoms with van der Waals surface area (Å²) in [6, 6.07) is 7.02. The summed E-state index contributed by atoms with van der Waals surface area (Å²) in [4.78, 5) is 0. The van der Waals surface area contributed by atoms with Gasteiger partial charge in [-0.3, -0.25) is 4.68 Å². The van der Waals surface area contributed by atoms with Gasteiger partial charge in [0, 0.05) is 17.9 Å². The summed E-state index contributed by atoms with van der Waals surface area (Å²) >= 11 is 3.33. The number of hydrogen-bond acceptors (Lipinski definition) is 7. The smallest absolute Gasteiger partial charge is 0.174 e. The van der Waals surface area contributed by atoms with E-state index in [-0.39, 0.29) is 5.75 Å². The first-order valence-electron chi connectivity index (χ1n) is 6.83. The van der Waals surface area contributed by atoms with Crippen molar-refractivity contribution in [2.45, 2.75) is 24.2 Å². The standard InChI is InChI=1S/C14H15N5OS2/c1-10-15-17-14(22-10)21-7-3-6-19-9-13(16-18-19)11-4-2-5-12(20)8-11/h2,4-5,8-9,20H,3,6-7H2,1H3. The first-order chi connectivity index (χ1) is 10.7. The number of aromatic nitrogens is 5. The molecule has 0 saturated heterocycles. The van der Waals surface area contributed by atoms with Crippen LogP contribution in [-0.2, 0) is 6.54 Å². The summed E-state index contributed by atoms with van der Waals surface area (Å²) in [6.07, 6.45) is 2.88. The Morgan fingerprint density at radius 1 is 1.27 bits per heavy atom. The van der Waals surface area contributed by atoms with E-state index in [0.717, 1.165) is 39.3 Å². The van der Waals surface area contributed by atoms with E-state index >= 15 is 0 Å². The number of benzene rings is 1. The zero-order chi connectivity index (χ0) is 15.4. The fourth-order valence-electron chi connectivity index (χ4n) is 1.93. The molecule has 6 nitrogen and oxygen atoms in total. The molecule has 0 amide bonds. The Balaban J connectivity index is 1.51. The quantitative estimate of drug-likeness (QED) is 0.552. The van der Waals surface area contributed by atoms with Crippen LogP contribution in [0.1, 0.15) is 11.4 Å². The molecule has 0 atom stereocenters. The molecule has 0 saturated carbocycles. The zero-order valence-electron chi connectivity index (χ0n) is 12.0. The van der Waals surface area contributed by atoms with Gasteiger partial charge in [-0.2, -0.15) is 0 Å². The second-order valence-corrected chi connectivity index (χ2v) is 7.23. The molecule has 0 aliphatic rings. The highest BCUT2D eigenvalue weighted by Gasteiger charge is 2.05. The van der Waals surface area contributed by atoms with E-state index in [1.807, 2.05) is 23.9 Å². The summed E-state index contributed by atoms with van der Waals surface area (Å²) in [5, 5.41) is 26.8. The molecule has 0 bridgehead atoms. The van der Waals surface area contributed by atoms with Crippen LogP contribution in [0.25, 0.3) is 11.3 Å². The Hall–Kier alpha value is -1.93. The van der Waals surface area contributed by atoms with E-state index in [4.69, 9.17) is 0 Å². The predicted molar refractivity (Wildman–Crippen MR) is 87.1 cm³/mol. The highest BCUT2D eigenvalue weighted by atomic mass is 32.2. The number of thioether (sulfide) groups is 1. The summed E-state index contributed by atoms with van der Waals surface area (Å²) in [7, 11) is 0. The van der Waals surface area contributed by atoms with Gasteiger partial charge in [-0.15, -0.1) is 15.3 Å². The van der Waals surface area contributed by atoms with Crippen LogP contribution in [0, 0.1) is 6.92 Å². The molecule has 0 spiro atoms. The third-order valence-corrected chi connectivity index (χ3v) is 5.00. The average molecular weight is 333 g/mol. The van der Waals surface area contributed by atoms with Gasteiger partial charge in [-0.05, 0) is 25.5 Å². The normalized spacial score (nSPS) is 11.0. The number of nitrogens with zero attached hydrogens (tertiary/aromatic N) is 5. The van der Waals surface area contributed by atoms with Crippen LogP contribution < -0.4 is 0 Å². The van der Waals surface area contributed by atoms with Gasteiger partial charge in [0.25, 0.3) is 0 Å². The largest absolute Gasteiger partial charge is 0.508 e. The predicted octanol–water partition coefficient (Wildman–Crippen LogP) is 2.99. The van der Waals surface area contributed by atoms with Crippen molar-refractivity contribution in [1.29, 1.82) is 0 Å².